The summed E-state index contributed by atoms with van der Waals surface area (Å²) in [5.74, 6) is -0.991. The first kappa shape index (κ1) is 15.8. The van der Waals surface area contributed by atoms with E-state index in [1.165, 1.54) is 12.1 Å². The molecule has 0 aromatic heterocycles. The predicted molar refractivity (Wildman–Crippen MR) is 84.8 cm³/mol. The molecule has 114 valence electrons. The van der Waals surface area contributed by atoms with Crippen molar-refractivity contribution in [3.63, 3.8) is 0 Å². The van der Waals surface area contributed by atoms with Gasteiger partial charge in [-0.2, -0.15) is 0 Å². The topological polar surface area (TPSA) is 69.6 Å². The first-order valence-corrected chi connectivity index (χ1v) is 7.89. The van der Waals surface area contributed by atoms with Crippen LogP contribution in [0.4, 0.5) is 10.5 Å². The number of benzene rings is 1. The molecule has 2 N–H and O–H groups in total. The molecular weight excluding hydrogens is 336 g/mol. The van der Waals surface area contributed by atoms with Crippen molar-refractivity contribution >= 4 is 33.6 Å². The van der Waals surface area contributed by atoms with Crippen LogP contribution in [0.3, 0.4) is 0 Å². The number of carbonyl (C=O) groups excluding carboxylic acids is 1. The van der Waals surface area contributed by atoms with Crippen LogP contribution in [0.1, 0.15) is 43.0 Å². The monoisotopic (exact) mass is 354 g/mol. The van der Waals surface area contributed by atoms with E-state index in [0.29, 0.717) is 10.2 Å². The number of aromatic carboxylic acids is 1. The van der Waals surface area contributed by atoms with Gasteiger partial charge in [0, 0.05) is 17.1 Å². The van der Waals surface area contributed by atoms with E-state index in [2.05, 4.69) is 28.2 Å². The number of urea groups is 1. The number of carbonyl (C=O) groups is 2. The molecule has 1 aromatic carbocycles. The van der Waals surface area contributed by atoms with Crippen molar-refractivity contribution in [2.24, 2.45) is 0 Å². The molecule has 0 spiro atoms. The fourth-order valence-electron chi connectivity index (χ4n) is 2.51. The summed E-state index contributed by atoms with van der Waals surface area (Å²) in [5, 5.41) is 11.8. The SMILES string of the molecule is CC1CCCCCN1C(=O)Nc1ccc(C(=O)O)cc1Br. The van der Waals surface area contributed by atoms with Crippen molar-refractivity contribution < 1.29 is 14.7 Å². The molecule has 1 heterocycles. The molecule has 21 heavy (non-hydrogen) atoms. The molecule has 0 saturated carbocycles. The van der Waals surface area contributed by atoms with Crippen molar-refractivity contribution in [1.29, 1.82) is 0 Å². The summed E-state index contributed by atoms with van der Waals surface area (Å²) < 4.78 is 0.568. The molecule has 0 bridgehead atoms. The molecule has 1 aliphatic rings. The molecule has 0 radical (unpaired) electrons. The Morgan fingerprint density at radius 3 is 2.76 bits per heavy atom. The number of carboxylic acid groups (broad SMARTS) is 1. The second-order valence-electron chi connectivity index (χ2n) is 5.32. The number of rotatable bonds is 2. The lowest BCUT2D eigenvalue weighted by Gasteiger charge is -2.27. The van der Waals surface area contributed by atoms with Crippen molar-refractivity contribution in [2.75, 3.05) is 11.9 Å². The molecule has 1 unspecified atom stereocenters. The zero-order valence-electron chi connectivity index (χ0n) is 11.9. The van der Waals surface area contributed by atoms with Gasteiger partial charge < -0.3 is 15.3 Å². The number of nitrogens with one attached hydrogen (secondary N) is 1. The van der Waals surface area contributed by atoms with Gasteiger partial charge in [0.1, 0.15) is 0 Å². The van der Waals surface area contributed by atoms with Crippen LogP contribution in [-0.4, -0.2) is 34.6 Å². The van der Waals surface area contributed by atoms with Crippen LogP contribution in [0.2, 0.25) is 0 Å². The average molecular weight is 355 g/mol. The number of halogens is 1. The number of carboxylic acids is 1. The zero-order chi connectivity index (χ0) is 15.4. The molecule has 2 rings (SSSR count). The number of hydrogen-bond donors (Lipinski definition) is 2. The summed E-state index contributed by atoms with van der Waals surface area (Å²) >= 11 is 3.30. The Kier molecular flexibility index (Phi) is 5.22. The van der Waals surface area contributed by atoms with Crippen molar-refractivity contribution in [3.8, 4) is 0 Å². The summed E-state index contributed by atoms with van der Waals surface area (Å²) in [7, 11) is 0. The molecule has 1 saturated heterocycles. The summed E-state index contributed by atoms with van der Waals surface area (Å²) in [6.07, 6.45) is 4.36. The van der Waals surface area contributed by atoms with Gasteiger partial charge in [0.05, 0.1) is 11.3 Å². The lowest BCUT2D eigenvalue weighted by molar-refractivity contribution is 0.0697. The maximum absolute atomic E-state index is 12.4. The van der Waals surface area contributed by atoms with Gasteiger partial charge in [-0.1, -0.05) is 12.8 Å². The maximum atomic E-state index is 12.4. The summed E-state index contributed by atoms with van der Waals surface area (Å²) in [4.78, 5) is 25.1. The second-order valence-corrected chi connectivity index (χ2v) is 6.18. The van der Waals surface area contributed by atoms with Gasteiger partial charge >= 0.3 is 12.0 Å². The number of amides is 2. The van der Waals surface area contributed by atoms with E-state index >= 15 is 0 Å². The van der Waals surface area contributed by atoms with Crippen LogP contribution < -0.4 is 5.32 Å². The molecule has 0 aliphatic carbocycles. The highest BCUT2D eigenvalue weighted by Crippen LogP contribution is 2.25. The minimum Gasteiger partial charge on any atom is -0.478 e. The molecule has 6 heteroatoms. The molecule has 1 aliphatic heterocycles. The standard InChI is InChI=1S/C15H19BrN2O3/c1-10-5-3-2-4-8-18(10)15(21)17-13-7-6-11(14(19)20)9-12(13)16/h6-7,9-10H,2-5,8H2,1H3,(H,17,21)(H,19,20). The van der Waals surface area contributed by atoms with Crippen LogP contribution in [-0.2, 0) is 0 Å². The van der Waals surface area contributed by atoms with E-state index in [0.717, 1.165) is 32.2 Å². The van der Waals surface area contributed by atoms with Gasteiger partial charge in [-0.05, 0) is 53.9 Å². The molecular formula is C15H19BrN2O3. The average Bonchev–Trinajstić information content (AvgIpc) is 2.65. The van der Waals surface area contributed by atoms with E-state index in [9.17, 15) is 9.59 Å². The number of hydrogen-bond acceptors (Lipinski definition) is 2. The van der Waals surface area contributed by atoms with Gasteiger partial charge in [0.25, 0.3) is 0 Å². The third-order valence-electron chi connectivity index (χ3n) is 3.77. The van der Waals surface area contributed by atoms with Gasteiger partial charge in [-0.15, -0.1) is 0 Å². The van der Waals surface area contributed by atoms with Gasteiger partial charge in [-0.3, -0.25) is 0 Å². The minimum atomic E-state index is -0.991. The van der Waals surface area contributed by atoms with Gasteiger partial charge in [0.15, 0.2) is 0 Å². The smallest absolute Gasteiger partial charge is 0.335 e. The summed E-state index contributed by atoms with van der Waals surface area (Å²) in [6, 6.07) is 4.67. The first-order valence-electron chi connectivity index (χ1n) is 7.09. The third kappa shape index (κ3) is 3.97. The van der Waals surface area contributed by atoms with Crippen molar-refractivity contribution in [3.05, 3.63) is 28.2 Å². The highest BCUT2D eigenvalue weighted by molar-refractivity contribution is 9.10. The van der Waals surface area contributed by atoms with Crippen LogP contribution in [0, 0.1) is 0 Å². The fraction of sp³-hybridized carbons (Fsp3) is 0.467. The summed E-state index contributed by atoms with van der Waals surface area (Å²) in [5.41, 5.74) is 0.768. The Labute approximate surface area is 132 Å². The predicted octanol–water partition coefficient (Wildman–Crippen LogP) is 3.94. The third-order valence-corrected chi connectivity index (χ3v) is 4.43. The fourth-order valence-corrected chi connectivity index (χ4v) is 2.99. The Morgan fingerprint density at radius 1 is 1.33 bits per heavy atom. The Morgan fingerprint density at radius 2 is 2.10 bits per heavy atom. The quantitative estimate of drug-likeness (QED) is 0.844. The van der Waals surface area contributed by atoms with Gasteiger partial charge in [0.2, 0.25) is 0 Å². The van der Waals surface area contributed by atoms with Crippen LogP contribution in [0.25, 0.3) is 0 Å². The molecule has 5 nitrogen and oxygen atoms in total. The number of nitrogens with zero attached hydrogens (tertiary/aromatic N) is 1. The van der Waals surface area contributed by atoms with Gasteiger partial charge in [-0.25, -0.2) is 9.59 Å². The van der Waals surface area contributed by atoms with E-state index in [4.69, 9.17) is 5.11 Å². The number of likely N-dealkylation sites (tertiary alicyclic amines) is 1. The molecule has 1 fully saturated rings. The van der Waals surface area contributed by atoms with E-state index in [1.54, 1.807) is 6.07 Å². The lowest BCUT2D eigenvalue weighted by atomic mass is 10.1. The van der Waals surface area contributed by atoms with E-state index < -0.39 is 5.97 Å². The lowest BCUT2D eigenvalue weighted by Crippen LogP contribution is -2.41. The Hall–Kier alpha value is -1.56. The van der Waals surface area contributed by atoms with Crippen LogP contribution >= 0.6 is 15.9 Å². The van der Waals surface area contributed by atoms with Crippen molar-refractivity contribution in [2.45, 2.75) is 38.6 Å². The highest BCUT2D eigenvalue weighted by atomic mass is 79.9. The molecule has 1 aromatic rings. The largest absolute Gasteiger partial charge is 0.478 e. The number of anilines is 1. The van der Waals surface area contributed by atoms with E-state index in [-0.39, 0.29) is 17.6 Å². The highest BCUT2D eigenvalue weighted by Gasteiger charge is 2.22. The van der Waals surface area contributed by atoms with Crippen LogP contribution in [0.5, 0.6) is 0 Å². The zero-order valence-corrected chi connectivity index (χ0v) is 13.5. The van der Waals surface area contributed by atoms with E-state index in [1.807, 2.05) is 4.90 Å². The van der Waals surface area contributed by atoms with Crippen LogP contribution in [0.15, 0.2) is 22.7 Å². The normalized spacial score (nSPS) is 19.0. The summed E-state index contributed by atoms with van der Waals surface area (Å²) in [6.45, 7) is 2.82. The Balaban J connectivity index is 2.10. The molecule has 2 amide bonds. The minimum absolute atomic E-state index is 0.131. The van der Waals surface area contributed by atoms with Crippen molar-refractivity contribution in [1.82, 2.24) is 4.90 Å². The Bertz CT molecular complexity index is 548. The molecule has 1 atom stereocenters. The first-order chi connectivity index (χ1) is 9.99. The maximum Gasteiger partial charge on any atom is 0.335 e. The second kappa shape index (κ2) is 6.93.